The van der Waals surface area contributed by atoms with Gasteiger partial charge in [0, 0.05) is 0 Å². The molecule has 0 radical (unpaired) electrons. The fourth-order valence-corrected chi connectivity index (χ4v) is 6.14. The summed E-state index contributed by atoms with van der Waals surface area (Å²) in [6, 6.07) is 11.0. The summed E-state index contributed by atoms with van der Waals surface area (Å²) in [6.07, 6.45) is 1.51. The van der Waals surface area contributed by atoms with Crippen LogP contribution in [0.2, 0.25) is 0 Å². The number of aliphatic imine (C=N–C) groups is 1. The molecule has 2 aromatic carbocycles. The number of benzene rings is 2. The highest BCUT2D eigenvalue weighted by Crippen LogP contribution is 2.37. The van der Waals surface area contributed by atoms with Gasteiger partial charge in [-0.15, -0.1) is 5.10 Å². The molecule has 2 aliphatic heterocycles. The Morgan fingerprint density at radius 2 is 1.84 bits per heavy atom. The zero-order valence-electron chi connectivity index (χ0n) is 22.0. The Hall–Kier alpha value is -3.64. The summed E-state index contributed by atoms with van der Waals surface area (Å²) in [5.74, 6) is 2.14. The van der Waals surface area contributed by atoms with Crippen molar-refractivity contribution in [1.29, 1.82) is 0 Å². The first kappa shape index (κ1) is 26.0. The molecule has 0 aliphatic carbocycles. The van der Waals surface area contributed by atoms with Gasteiger partial charge < -0.3 is 26.0 Å². The maximum Gasteiger partial charge on any atom is 0.204 e. The maximum atomic E-state index is 13.0. The molecule has 0 spiro atoms. The van der Waals surface area contributed by atoms with E-state index in [1.54, 1.807) is 45.2 Å². The number of piperidine rings is 1. The first-order valence-electron chi connectivity index (χ1n) is 12.8. The number of nitrogens with one attached hydrogen (secondary N) is 5. The number of para-hydroxylation sites is 1. The number of hydrogen-bond acceptors (Lipinski definition) is 10. The molecule has 12 heteroatoms. The Bertz CT molecular complexity index is 1440. The van der Waals surface area contributed by atoms with Crippen LogP contribution in [-0.2, 0) is 9.84 Å². The Morgan fingerprint density at radius 3 is 2.58 bits per heavy atom. The van der Waals surface area contributed by atoms with Gasteiger partial charge in [-0.3, -0.25) is 0 Å². The largest absolute Gasteiger partial charge is 0.495 e. The minimum atomic E-state index is -3.52. The summed E-state index contributed by atoms with van der Waals surface area (Å²) in [7, 11) is -1.86. The molecule has 1 fully saturated rings. The van der Waals surface area contributed by atoms with E-state index in [4.69, 9.17) is 9.73 Å². The SMILES string of the molecule is COc1cc(C2CCNCC2)c(C)cc1NC1=NC(Nc2ccccc2S(=O)(=O)C(C)C)c2n[nH]nc2N1. The summed E-state index contributed by atoms with van der Waals surface area (Å²) in [5, 5.41) is 23.7. The van der Waals surface area contributed by atoms with Crippen LogP contribution in [-0.4, -0.2) is 55.2 Å². The lowest BCUT2D eigenvalue weighted by Gasteiger charge is -2.27. The summed E-state index contributed by atoms with van der Waals surface area (Å²) in [5.41, 5.74) is 4.22. The fraction of sp³-hybridized carbons (Fsp3) is 0.423. The van der Waals surface area contributed by atoms with Crippen LogP contribution < -0.4 is 26.0 Å². The number of aromatic nitrogens is 3. The minimum Gasteiger partial charge on any atom is -0.495 e. The van der Waals surface area contributed by atoms with E-state index in [0.29, 0.717) is 29.1 Å². The van der Waals surface area contributed by atoms with Crippen LogP contribution in [0.15, 0.2) is 46.3 Å². The molecule has 0 amide bonds. The zero-order valence-corrected chi connectivity index (χ0v) is 22.8. The molecule has 0 saturated carbocycles. The third-order valence-corrected chi connectivity index (χ3v) is 9.27. The molecule has 0 bridgehead atoms. The maximum absolute atomic E-state index is 13.0. The van der Waals surface area contributed by atoms with Crippen LogP contribution in [0.3, 0.4) is 0 Å². The van der Waals surface area contributed by atoms with Crippen LogP contribution in [0.25, 0.3) is 0 Å². The van der Waals surface area contributed by atoms with Crippen molar-refractivity contribution in [3.8, 4) is 5.75 Å². The first-order valence-corrected chi connectivity index (χ1v) is 14.3. The summed E-state index contributed by atoms with van der Waals surface area (Å²) in [6.45, 7) is 7.48. The molecular formula is C26H34N8O3S. The van der Waals surface area contributed by atoms with E-state index < -0.39 is 21.3 Å². The van der Waals surface area contributed by atoms with Gasteiger partial charge in [0.2, 0.25) is 5.96 Å². The third kappa shape index (κ3) is 5.05. The highest BCUT2D eigenvalue weighted by molar-refractivity contribution is 7.92. The van der Waals surface area contributed by atoms with Gasteiger partial charge in [-0.25, -0.2) is 13.4 Å². The molecule has 1 atom stereocenters. The normalized spacial score (nSPS) is 17.9. The molecular weight excluding hydrogens is 504 g/mol. The second-order valence-corrected chi connectivity index (χ2v) is 12.3. The number of guanidine groups is 1. The van der Waals surface area contributed by atoms with Gasteiger partial charge in [-0.05, 0) is 88.0 Å². The number of aromatic amines is 1. The number of methoxy groups -OCH3 is 1. The van der Waals surface area contributed by atoms with Crippen LogP contribution in [0.1, 0.15) is 55.6 Å². The quantitative estimate of drug-likeness (QED) is 0.303. The monoisotopic (exact) mass is 538 g/mol. The van der Waals surface area contributed by atoms with E-state index in [-0.39, 0.29) is 4.90 Å². The van der Waals surface area contributed by atoms with Crippen molar-refractivity contribution in [2.45, 2.75) is 55.8 Å². The lowest BCUT2D eigenvalue weighted by atomic mass is 9.87. The molecule has 5 rings (SSSR count). The van der Waals surface area contributed by atoms with E-state index >= 15 is 0 Å². The van der Waals surface area contributed by atoms with E-state index in [9.17, 15) is 8.42 Å². The van der Waals surface area contributed by atoms with Gasteiger partial charge in [0.25, 0.3) is 0 Å². The number of anilines is 3. The fourth-order valence-electron chi connectivity index (χ4n) is 4.93. The van der Waals surface area contributed by atoms with Gasteiger partial charge >= 0.3 is 0 Å². The molecule has 202 valence electrons. The summed E-state index contributed by atoms with van der Waals surface area (Å²) >= 11 is 0. The molecule has 1 unspecified atom stereocenters. The lowest BCUT2D eigenvalue weighted by Crippen LogP contribution is -2.30. The predicted octanol–water partition coefficient (Wildman–Crippen LogP) is 3.78. The first-order chi connectivity index (χ1) is 18.3. The van der Waals surface area contributed by atoms with Crippen LogP contribution >= 0.6 is 0 Å². The van der Waals surface area contributed by atoms with E-state index in [1.807, 2.05) is 0 Å². The second kappa shape index (κ2) is 10.6. The van der Waals surface area contributed by atoms with Crippen molar-refractivity contribution in [2.75, 3.05) is 36.1 Å². The van der Waals surface area contributed by atoms with E-state index in [1.165, 1.54) is 11.1 Å². The van der Waals surface area contributed by atoms with E-state index in [0.717, 1.165) is 37.4 Å². The van der Waals surface area contributed by atoms with Crippen molar-refractivity contribution in [3.63, 3.8) is 0 Å². The van der Waals surface area contributed by atoms with Crippen molar-refractivity contribution in [3.05, 3.63) is 53.2 Å². The summed E-state index contributed by atoms with van der Waals surface area (Å²) in [4.78, 5) is 4.99. The van der Waals surface area contributed by atoms with Gasteiger partial charge in [0.1, 0.15) is 5.75 Å². The predicted molar refractivity (Wildman–Crippen MR) is 149 cm³/mol. The Morgan fingerprint density at radius 1 is 1.08 bits per heavy atom. The number of H-pyrrole nitrogens is 1. The molecule has 3 aromatic rings. The molecule has 11 nitrogen and oxygen atoms in total. The highest BCUT2D eigenvalue weighted by Gasteiger charge is 2.29. The average Bonchev–Trinajstić information content (AvgIpc) is 3.38. The van der Waals surface area contributed by atoms with E-state index in [2.05, 4.69) is 55.7 Å². The minimum absolute atomic E-state index is 0.217. The average molecular weight is 539 g/mol. The Balaban J connectivity index is 1.45. The third-order valence-electron chi connectivity index (χ3n) is 7.06. The van der Waals surface area contributed by atoms with Crippen LogP contribution in [0.5, 0.6) is 5.75 Å². The van der Waals surface area contributed by atoms with Gasteiger partial charge in [-0.2, -0.15) is 10.3 Å². The number of fused-ring (bicyclic) bond motifs is 1. The number of sulfone groups is 1. The Labute approximate surface area is 222 Å². The number of nitrogens with zero attached hydrogens (tertiary/aromatic N) is 3. The van der Waals surface area contributed by atoms with Crippen molar-refractivity contribution in [1.82, 2.24) is 20.7 Å². The zero-order chi connectivity index (χ0) is 26.9. The van der Waals surface area contributed by atoms with Crippen molar-refractivity contribution in [2.24, 2.45) is 4.99 Å². The molecule has 1 aromatic heterocycles. The number of ether oxygens (including phenoxy) is 1. The van der Waals surface area contributed by atoms with Gasteiger partial charge in [0.15, 0.2) is 27.5 Å². The highest BCUT2D eigenvalue weighted by atomic mass is 32.2. The number of hydrogen-bond donors (Lipinski definition) is 5. The van der Waals surface area contributed by atoms with Crippen molar-refractivity contribution >= 4 is 33.0 Å². The van der Waals surface area contributed by atoms with Crippen LogP contribution in [0, 0.1) is 6.92 Å². The molecule has 3 heterocycles. The van der Waals surface area contributed by atoms with Gasteiger partial charge in [0.05, 0.1) is 28.6 Å². The molecule has 38 heavy (non-hydrogen) atoms. The molecule has 1 saturated heterocycles. The topological polar surface area (TPSA) is 145 Å². The molecule has 2 aliphatic rings. The Kier molecular flexibility index (Phi) is 7.26. The standard InChI is InChI=1S/C26H34N8O3S/c1-15(2)38(35,36)22-8-6-5-7-19(22)28-24-23-25(33-34-32-23)31-26(30-24)29-20-13-16(3)18(14-21(20)37-4)17-9-11-27-12-10-17/h5-8,13-15,17,24,27-28H,9-12H2,1-4H3,(H3,29,30,31,32,33,34). The second-order valence-electron chi connectivity index (χ2n) is 9.86. The van der Waals surface area contributed by atoms with Gasteiger partial charge in [-0.1, -0.05) is 12.1 Å². The van der Waals surface area contributed by atoms with Crippen molar-refractivity contribution < 1.29 is 13.2 Å². The number of aryl methyl sites for hydroxylation is 1. The smallest absolute Gasteiger partial charge is 0.204 e. The molecule has 5 N–H and O–H groups in total. The number of rotatable bonds is 7. The summed E-state index contributed by atoms with van der Waals surface area (Å²) < 4.78 is 31.7. The lowest BCUT2D eigenvalue weighted by molar-refractivity contribution is 0.413. The van der Waals surface area contributed by atoms with Crippen LogP contribution in [0.4, 0.5) is 17.2 Å².